The molecule has 0 bridgehead atoms. The fourth-order valence-corrected chi connectivity index (χ4v) is 2.85. The number of hydrazone groups is 1. The second-order valence-electron chi connectivity index (χ2n) is 6.52. The first-order valence-electron chi connectivity index (χ1n) is 9.43. The summed E-state index contributed by atoms with van der Waals surface area (Å²) in [5, 5.41) is 22.1. The first kappa shape index (κ1) is 21.1. The van der Waals surface area contributed by atoms with E-state index in [0.717, 1.165) is 0 Å². The van der Waals surface area contributed by atoms with Crippen molar-refractivity contribution in [3.05, 3.63) is 71.3 Å². The number of nitrogens with zero attached hydrogens (tertiary/aromatic N) is 7. The van der Waals surface area contributed by atoms with Gasteiger partial charge < -0.3 is 16.8 Å². The van der Waals surface area contributed by atoms with Crippen molar-refractivity contribution >= 4 is 29.5 Å². The van der Waals surface area contributed by atoms with Crippen molar-refractivity contribution in [2.75, 3.05) is 11.1 Å². The highest BCUT2D eigenvalue weighted by molar-refractivity contribution is 5.98. The van der Waals surface area contributed by atoms with Gasteiger partial charge in [0, 0.05) is 23.6 Å². The Balaban J connectivity index is 1.62. The fraction of sp³-hybridized carbons (Fsp3) is 0.0526. The molecule has 2 amide bonds. The van der Waals surface area contributed by atoms with E-state index in [-0.39, 0.29) is 35.1 Å². The van der Waals surface area contributed by atoms with Crippen molar-refractivity contribution in [3.8, 4) is 5.82 Å². The number of aromatic nitrogens is 6. The van der Waals surface area contributed by atoms with Gasteiger partial charge in [0.2, 0.25) is 11.6 Å². The van der Waals surface area contributed by atoms with Gasteiger partial charge in [0.15, 0.2) is 5.69 Å². The molecule has 0 fully saturated rings. The smallest absolute Gasteiger partial charge is 0.293 e. The summed E-state index contributed by atoms with van der Waals surface area (Å²) < 4.78 is 5.83. The maximum atomic E-state index is 12.8. The van der Waals surface area contributed by atoms with E-state index >= 15 is 0 Å². The van der Waals surface area contributed by atoms with Crippen LogP contribution in [-0.2, 0) is 6.54 Å². The number of carbonyl (C=O) groups excluding carboxylic acids is 2. The largest absolute Gasteiger partial charge is 0.379 e. The molecule has 0 unspecified atom stereocenters. The number of anilines is 2. The topological polar surface area (TPSA) is 205 Å². The van der Waals surface area contributed by atoms with Gasteiger partial charge >= 0.3 is 0 Å². The Morgan fingerprint density at radius 1 is 1.18 bits per heavy atom. The van der Waals surface area contributed by atoms with E-state index in [1.165, 1.54) is 10.9 Å². The zero-order valence-corrected chi connectivity index (χ0v) is 16.9. The van der Waals surface area contributed by atoms with Crippen LogP contribution in [0.4, 0.5) is 11.5 Å². The number of nitrogen functional groups attached to an aromatic ring is 1. The summed E-state index contributed by atoms with van der Waals surface area (Å²) in [5.74, 6) is -1.27. The van der Waals surface area contributed by atoms with E-state index in [2.05, 4.69) is 46.1 Å². The highest BCUT2D eigenvalue weighted by Gasteiger charge is 2.24. The number of primary amides is 1. The van der Waals surface area contributed by atoms with Gasteiger partial charge in [-0.25, -0.2) is 10.1 Å². The SMILES string of the molecule is NC(=O)c1ccccc1NCc1c(C(=O)NN=Cc2cccnc2)nnn1-c1nonc1N. The number of pyridine rings is 1. The molecule has 4 rings (SSSR count). The second kappa shape index (κ2) is 9.34. The Bertz CT molecular complexity index is 1310. The molecule has 166 valence electrons. The Morgan fingerprint density at radius 3 is 2.76 bits per heavy atom. The van der Waals surface area contributed by atoms with E-state index in [1.54, 1.807) is 48.8 Å². The number of amides is 2. The second-order valence-corrected chi connectivity index (χ2v) is 6.52. The number of hydrogen-bond acceptors (Lipinski definition) is 11. The summed E-state index contributed by atoms with van der Waals surface area (Å²) in [6.07, 6.45) is 4.63. The maximum Gasteiger partial charge on any atom is 0.293 e. The molecule has 0 atom stereocenters. The summed E-state index contributed by atoms with van der Waals surface area (Å²) in [5.41, 5.74) is 15.2. The minimum Gasteiger partial charge on any atom is -0.379 e. The number of carbonyl (C=O) groups is 2. The van der Waals surface area contributed by atoms with Crippen molar-refractivity contribution < 1.29 is 14.2 Å². The molecule has 3 heterocycles. The Labute approximate surface area is 185 Å². The summed E-state index contributed by atoms with van der Waals surface area (Å²) in [4.78, 5) is 28.4. The fourth-order valence-electron chi connectivity index (χ4n) is 2.85. The average molecular weight is 447 g/mol. The standard InChI is InChI=1S/C19H17N11O3/c20-16-18(28-33-27-16)30-14(10-23-13-6-2-1-5-12(13)17(21)31)15(25-29-30)19(32)26-24-9-11-4-3-7-22-8-11/h1-9,23H,10H2,(H2,20,27)(H2,21,31)(H,26,32). The van der Waals surface area contributed by atoms with Crippen molar-refractivity contribution in [2.24, 2.45) is 10.8 Å². The molecule has 14 nitrogen and oxygen atoms in total. The van der Waals surface area contributed by atoms with Crippen LogP contribution < -0.4 is 22.2 Å². The molecule has 0 aliphatic heterocycles. The van der Waals surface area contributed by atoms with Crippen LogP contribution in [0.5, 0.6) is 0 Å². The van der Waals surface area contributed by atoms with Gasteiger partial charge in [0.05, 0.1) is 24.0 Å². The van der Waals surface area contributed by atoms with E-state index in [0.29, 0.717) is 11.3 Å². The third-order valence-corrected chi connectivity index (χ3v) is 4.38. The van der Waals surface area contributed by atoms with Gasteiger partial charge in [-0.2, -0.15) is 9.78 Å². The zero-order valence-electron chi connectivity index (χ0n) is 16.9. The molecule has 33 heavy (non-hydrogen) atoms. The van der Waals surface area contributed by atoms with Crippen LogP contribution in [0.25, 0.3) is 5.82 Å². The van der Waals surface area contributed by atoms with Gasteiger partial charge in [-0.15, -0.1) is 5.10 Å². The predicted octanol–water partition coefficient (Wildman–Crippen LogP) is 0.102. The molecular formula is C19H17N11O3. The molecule has 6 N–H and O–H groups in total. The Morgan fingerprint density at radius 2 is 2.03 bits per heavy atom. The van der Waals surface area contributed by atoms with Crippen LogP contribution in [0, 0.1) is 0 Å². The number of rotatable bonds is 8. The lowest BCUT2D eigenvalue weighted by molar-refractivity contribution is 0.0947. The summed E-state index contributed by atoms with van der Waals surface area (Å²) in [6, 6.07) is 10.1. The molecule has 3 aromatic heterocycles. The molecule has 1 aromatic carbocycles. The molecule has 0 spiro atoms. The third kappa shape index (κ3) is 4.63. The van der Waals surface area contributed by atoms with Crippen molar-refractivity contribution in [3.63, 3.8) is 0 Å². The number of benzene rings is 1. The van der Waals surface area contributed by atoms with Gasteiger partial charge in [-0.3, -0.25) is 14.6 Å². The van der Waals surface area contributed by atoms with Crippen LogP contribution in [0.2, 0.25) is 0 Å². The van der Waals surface area contributed by atoms with Gasteiger partial charge in [-0.05, 0) is 28.5 Å². The van der Waals surface area contributed by atoms with Crippen LogP contribution in [0.3, 0.4) is 0 Å². The van der Waals surface area contributed by atoms with Gasteiger partial charge in [-0.1, -0.05) is 23.4 Å². The first-order chi connectivity index (χ1) is 16.0. The lowest BCUT2D eigenvalue weighted by atomic mass is 10.1. The highest BCUT2D eigenvalue weighted by Crippen LogP contribution is 2.19. The van der Waals surface area contributed by atoms with Gasteiger partial charge in [0.25, 0.3) is 11.8 Å². The highest BCUT2D eigenvalue weighted by atomic mass is 16.6. The zero-order chi connectivity index (χ0) is 23.2. The number of nitrogens with one attached hydrogen (secondary N) is 2. The van der Waals surface area contributed by atoms with Gasteiger partial charge in [0.1, 0.15) is 0 Å². The van der Waals surface area contributed by atoms with E-state index in [1.807, 2.05) is 0 Å². The summed E-state index contributed by atoms with van der Waals surface area (Å²) >= 11 is 0. The van der Waals surface area contributed by atoms with Crippen molar-refractivity contribution in [1.29, 1.82) is 0 Å². The molecule has 0 radical (unpaired) electrons. The quantitative estimate of drug-likeness (QED) is 0.212. The molecule has 0 saturated carbocycles. The summed E-state index contributed by atoms with van der Waals surface area (Å²) in [7, 11) is 0. The molecular weight excluding hydrogens is 430 g/mol. The van der Waals surface area contributed by atoms with Crippen molar-refractivity contribution in [2.45, 2.75) is 6.54 Å². The number of nitrogens with two attached hydrogens (primary N) is 2. The normalized spacial score (nSPS) is 10.9. The lowest BCUT2D eigenvalue weighted by Gasteiger charge is -2.11. The lowest BCUT2D eigenvalue weighted by Crippen LogP contribution is -2.22. The monoisotopic (exact) mass is 447 g/mol. The summed E-state index contributed by atoms with van der Waals surface area (Å²) in [6.45, 7) is -0.00132. The maximum absolute atomic E-state index is 12.8. The predicted molar refractivity (Wildman–Crippen MR) is 115 cm³/mol. The van der Waals surface area contributed by atoms with Crippen LogP contribution in [-0.4, -0.2) is 48.3 Å². The van der Waals surface area contributed by atoms with E-state index in [9.17, 15) is 9.59 Å². The minimum absolute atomic E-state index is 0.00132. The van der Waals surface area contributed by atoms with E-state index in [4.69, 9.17) is 11.5 Å². The van der Waals surface area contributed by atoms with Crippen LogP contribution in [0.1, 0.15) is 32.1 Å². The molecule has 0 aliphatic carbocycles. The molecule has 0 saturated heterocycles. The Kier molecular flexibility index (Phi) is 5.97. The Hall–Kier alpha value is -5.14. The van der Waals surface area contributed by atoms with Crippen LogP contribution in [0.15, 0.2) is 58.5 Å². The average Bonchev–Trinajstić information content (AvgIpc) is 3.44. The van der Waals surface area contributed by atoms with E-state index < -0.39 is 11.8 Å². The number of para-hydroxylation sites is 1. The van der Waals surface area contributed by atoms with Crippen molar-refractivity contribution in [1.82, 2.24) is 35.7 Å². The third-order valence-electron chi connectivity index (χ3n) is 4.38. The molecule has 4 aromatic rings. The number of hydrogen-bond donors (Lipinski definition) is 4. The minimum atomic E-state index is -0.642. The van der Waals surface area contributed by atoms with Crippen LogP contribution >= 0.6 is 0 Å². The first-order valence-corrected chi connectivity index (χ1v) is 9.43. The molecule has 0 aliphatic rings. The molecule has 14 heteroatoms.